The molecule has 1 aliphatic carbocycles. The van der Waals surface area contributed by atoms with E-state index in [0.717, 1.165) is 25.0 Å². The van der Waals surface area contributed by atoms with Gasteiger partial charge in [-0.05, 0) is 19.1 Å². The van der Waals surface area contributed by atoms with Gasteiger partial charge in [-0.2, -0.15) is 11.8 Å². The number of halogens is 1. The average molecular weight is 300 g/mol. The molecule has 108 valence electrons. The summed E-state index contributed by atoms with van der Waals surface area (Å²) < 4.78 is 13.7. The second-order valence-electron chi connectivity index (χ2n) is 4.65. The van der Waals surface area contributed by atoms with Crippen molar-refractivity contribution >= 4 is 29.1 Å². The molecule has 1 saturated carbocycles. The van der Waals surface area contributed by atoms with Crippen molar-refractivity contribution in [1.29, 1.82) is 0 Å². The number of nitrogens with one attached hydrogen (secondary N) is 1. The highest BCUT2D eigenvalue weighted by Gasteiger charge is 2.42. The summed E-state index contributed by atoms with van der Waals surface area (Å²) >= 11 is 1.66. The van der Waals surface area contributed by atoms with Crippen LogP contribution in [0.3, 0.4) is 0 Å². The molecule has 0 amide bonds. The van der Waals surface area contributed by atoms with Gasteiger partial charge in [0.1, 0.15) is 17.1 Å². The molecule has 0 saturated heterocycles. The van der Waals surface area contributed by atoms with Crippen LogP contribution in [0, 0.1) is 15.9 Å². The van der Waals surface area contributed by atoms with E-state index in [1.165, 1.54) is 0 Å². The first kappa shape index (κ1) is 14.6. The molecule has 1 aromatic carbocycles. The fourth-order valence-corrected chi connectivity index (χ4v) is 2.59. The highest BCUT2D eigenvalue weighted by Crippen LogP contribution is 2.47. The predicted molar refractivity (Wildman–Crippen MR) is 74.0 cm³/mol. The van der Waals surface area contributed by atoms with E-state index in [2.05, 4.69) is 5.32 Å². The Morgan fingerprint density at radius 3 is 2.70 bits per heavy atom. The lowest BCUT2D eigenvalue weighted by molar-refractivity contribution is -0.384. The number of aromatic carboxylic acids is 1. The van der Waals surface area contributed by atoms with Crippen molar-refractivity contribution in [3.05, 3.63) is 33.6 Å². The van der Waals surface area contributed by atoms with Gasteiger partial charge in [-0.15, -0.1) is 0 Å². The second-order valence-corrected chi connectivity index (χ2v) is 5.93. The van der Waals surface area contributed by atoms with Crippen LogP contribution in [0.25, 0.3) is 0 Å². The lowest BCUT2D eigenvalue weighted by Gasteiger charge is -2.14. The van der Waals surface area contributed by atoms with Gasteiger partial charge in [0.15, 0.2) is 0 Å². The highest BCUT2D eigenvalue weighted by atomic mass is 32.2. The Balaban J connectivity index is 2.29. The van der Waals surface area contributed by atoms with E-state index in [0.29, 0.717) is 6.54 Å². The number of rotatable bonds is 6. The summed E-state index contributed by atoms with van der Waals surface area (Å²) in [5.41, 5.74) is -1.12. The molecule has 0 radical (unpaired) electrons. The van der Waals surface area contributed by atoms with E-state index in [-0.39, 0.29) is 10.4 Å². The van der Waals surface area contributed by atoms with Crippen molar-refractivity contribution in [1.82, 2.24) is 0 Å². The Labute approximate surface area is 118 Å². The minimum atomic E-state index is -1.53. The maximum absolute atomic E-state index is 13.6. The molecule has 2 N–H and O–H groups in total. The normalized spacial score (nSPS) is 15.7. The van der Waals surface area contributed by atoms with Gasteiger partial charge in [0.05, 0.1) is 4.92 Å². The third-order valence-electron chi connectivity index (χ3n) is 3.35. The molecule has 0 aliphatic heterocycles. The van der Waals surface area contributed by atoms with Gasteiger partial charge in [-0.3, -0.25) is 10.1 Å². The standard InChI is InChI=1S/C12H13FN2O4S/c1-20-12(2-3-12)6-14-9-5-8(13)7(11(16)17)4-10(9)15(18)19/h4-5,14H,2-3,6H2,1H3,(H,16,17). The lowest BCUT2D eigenvalue weighted by atomic mass is 10.1. The number of hydrogen-bond acceptors (Lipinski definition) is 5. The molecule has 0 bridgehead atoms. The summed E-state index contributed by atoms with van der Waals surface area (Å²) in [6.45, 7) is 0.487. The number of nitro benzene ring substituents is 1. The summed E-state index contributed by atoms with van der Waals surface area (Å²) in [5.74, 6) is -2.51. The van der Waals surface area contributed by atoms with Crippen molar-refractivity contribution in [2.45, 2.75) is 17.6 Å². The van der Waals surface area contributed by atoms with Gasteiger partial charge >= 0.3 is 5.97 Å². The Hall–Kier alpha value is -1.83. The quantitative estimate of drug-likeness (QED) is 0.620. The van der Waals surface area contributed by atoms with Crippen LogP contribution in [0.15, 0.2) is 12.1 Å². The van der Waals surface area contributed by atoms with Crippen LogP contribution in [0.4, 0.5) is 15.8 Å². The molecule has 0 heterocycles. The van der Waals surface area contributed by atoms with Crippen LogP contribution in [-0.4, -0.2) is 33.5 Å². The van der Waals surface area contributed by atoms with E-state index in [4.69, 9.17) is 5.11 Å². The van der Waals surface area contributed by atoms with Gasteiger partial charge in [0, 0.05) is 23.4 Å². The van der Waals surface area contributed by atoms with E-state index >= 15 is 0 Å². The zero-order chi connectivity index (χ0) is 14.9. The van der Waals surface area contributed by atoms with Gasteiger partial charge < -0.3 is 10.4 Å². The Morgan fingerprint density at radius 2 is 2.25 bits per heavy atom. The summed E-state index contributed by atoms with van der Waals surface area (Å²) in [4.78, 5) is 21.0. The second kappa shape index (κ2) is 5.28. The van der Waals surface area contributed by atoms with Crippen molar-refractivity contribution < 1.29 is 19.2 Å². The average Bonchev–Trinajstić information content (AvgIpc) is 3.16. The van der Waals surface area contributed by atoms with Crippen LogP contribution in [-0.2, 0) is 0 Å². The summed E-state index contributed by atoms with van der Waals surface area (Å²) in [6, 6.07) is 1.62. The van der Waals surface area contributed by atoms with Gasteiger partial charge in [-0.1, -0.05) is 0 Å². The molecular weight excluding hydrogens is 287 g/mol. The number of carboxylic acid groups (broad SMARTS) is 1. The molecule has 1 fully saturated rings. The molecule has 2 rings (SSSR count). The number of hydrogen-bond donors (Lipinski definition) is 2. The van der Waals surface area contributed by atoms with E-state index < -0.39 is 28.0 Å². The molecule has 0 spiro atoms. The minimum Gasteiger partial charge on any atom is -0.478 e. The topological polar surface area (TPSA) is 92.5 Å². The summed E-state index contributed by atoms with van der Waals surface area (Å²) in [5, 5.41) is 22.6. The smallest absolute Gasteiger partial charge is 0.338 e. The van der Waals surface area contributed by atoms with Crippen LogP contribution in [0.2, 0.25) is 0 Å². The van der Waals surface area contributed by atoms with Crippen LogP contribution >= 0.6 is 11.8 Å². The first-order valence-corrected chi connectivity index (χ1v) is 7.11. The molecular formula is C12H13FN2O4S. The fourth-order valence-electron chi connectivity index (χ4n) is 1.87. The molecule has 0 atom stereocenters. The predicted octanol–water partition coefficient (Wildman–Crippen LogP) is 2.74. The van der Waals surface area contributed by atoms with Crippen LogP contribution in [0.5, 0.6) is 0 Å². The highest BCUT2D eigenvalue weighted by molar-refractivity contribution is 8.00. The van der Waals surface area contributed by atoms with E-state index in [1.807, 2.05) is 6.26 Å². The monoisotopic (exact) mass is 300 g/mol. The molecule has 1 aliphatic rings. The largest absolute Gasteiger partial charge is 0.478 e. The number of anilines is 1. The SMILES string of the molecule is CSC1(CNc2cc(F)c(C(=O)O)cc2[N+](=O)[O-])CC1. The van der Waals surface area contributed by atoms with Crippen LogP contribution in [0.1, 0.15) is 23.2 Å². The molecule has 0 unspecified atom stereocenters. The number of carboxylic acids is 1. The van der Waals surface area contributed by atoms with Crippen molar-refractivity contribution in [2.24, 2.45) is 0 Å². The van der Waals surface area contributed by atoms with Crippen LogP contribution < -0.4 is 5.32 Å². The first-order valence-electron chi connectivity index (χ1n) is 5.89. The number of thioether (sulfide) groups is 1. The number of carbonyl (C=O) groups is 1. The first-order chi connectivity index (χ1) is 9.38. The number of benzene rings is 1. The molecule has 1 aromatic rings. The molecule has 0 aromatic heterocycles. The van der Waals surface area contributed by atoms with Crippen molar-refractivity contribution in [2.75, 3.05) is 18.1 Å². The van der Waals surface area contributed by atoms with Crippen molar-refractivity contribution in [3.8, 4) is 0 Å². The Bertz CT molecular complexity index is 575. The zero-order valence-corrected chi connectivity index (χ0v) is 11.5. The lowest BCUT2D eigenvalue weighted by Crippen LogP contribution is -2.18. The Kier molecular flexibility index (Phi) is 3.85. The number of nitro groups is 1. The molecule has 20 heavy (non-hydrogen) atoms. The van der Waals surface area contributed by atoms with Gasteiger partial charge in [0.25, 0.3) is 5.69 Å². The third kappa shape index (κ3) is 2.84. The van der Waals surface area contributed by atoms with Crippen molar-refractivity contribution in [3.63, 3.8) is 0 Å². The third-order valence-corrected chi connectivity index (χ3v) is 4.77. The molecule has 6 nitrogen and oxygen atoms in total. The fraction of sp³-hybridized carbons (Fsp3) is 0.417. The van der Waals surface area contributed by atoms with Gasteiger partial charge in [-0.25, -0.2) is 9.18 Å². The van der Waals surface area contributed by atoms with Gasteiger partial charge in [0.2, 0.25) is 0 Å². The molecule has 8 heteroatoms. The zero-order valence-electron chi connectivity index (χ0n) is 10.7. The van der Waals surface area contributed by atoms with E-state index in [1.54, 1.807) is 11.8 Å². The Morgan fingerprint density at radius 1 is 1.60 bits per heavy atom. The maximum Gasteiger partial charge on any atom is 0.338 e. The number of nitrogens with zero attached hydrogens (tertiary/aromatic N) is 1. The maximum atomic E-state index is 13.6. The summed E-state index contributed by atoms with van der Waals surface area (Å²) in [7, 11) is 0. The van der Waals surface area contributed by atoms with E-state index in [9.17, 15) is 19.3 Å². The summed E-state index contributed by atoms with van der Waals surface area (Å²) in [6.07, 6.45) is 3.96. The minimum absolute atomic E-state index is 0.0119.